The molecule has 37 heavy (non-hydrogen) atoms. The minimum atomic E-state index is -0.906. The van der Waals surface area contributed by atoms with Crippen LogP contribution in [0.3, 0.4) is 0 Å². The summed E-state index contributed by atoms with van der Waals surface area (Å²) in [7, 11) is 1.28. The third-order valence-electron chi connectivity index (χ3n) is 5.93. The van der Waals surface area contributed by atoms with Gasteiger partial charge in [0.15, 0.2) is 0 Å². The Morgan fingerprint density at radius 3 is 1.95 bits per heavy atom. The number of rotatable bonds is 10. The second-order valence-electron chi connectivity index (χ2n) is 9.21. The molecule has 1 N–H and O–H groups in total. The molecule has 2 atom stereocenters. The van der Waals surface area contributed by atoms with Crippen molar-refractivity contribution in [3.05, 3.63) is 90.5 Å². The zero-order valence-corrected chi connectivity index (χ0v) is 21.7. The highest BCUT2D eigenvalue weighted by Crippen LogP contribution is 2.26. The number of anilines is 1. The quantitative estimate of drug-likeness (QED) is 0.365. The fourth-order valence-corrected chi connectivity index (χ4v) is 4.03. The number of methoxy groups -OCH3 is 1. The van der Waals surface area contributed by atoms with Gasteiger partial charge in [-0.1, -0.05) is 86.6 Å². The van der Waals surface area contributed by atoms with Crippen molar-refractivity contribution in [2.75, 3.05) is 12.0 Å². The molecular formula is C30H34N2O5. The minimum Gasteiger partial charge on any atom is -0.467 e. The Balaban J connectivity index is 1.85. The molecule has 0 aliphatic carbocycles. The van der Waals surface area contributed by atoms with E-state index in [1.165, 1.54) is 12.0 Å². The third-order valence-corrected chi connectivity index (χ3v) is 5.93. The number of ether oxygens (including phenoxy) is 2. The summed E-state index contributed by atoms with van der Waals surface area (Å²) in [5.74, 6) is -0.884. The number of carbonyl (C=O) groups is 3. The SMILES string of the molecule is COC(=O)[C@H](C)N(C(=O)[C@H](CC(C)C)NC(=O)OCc1ccccc1)c1ccc(-c2ccccc2)cc1. The molecule has 0 saturated carbocycles. The lowest BCUT2D eigenvalue weighted by Gasteiger charge is -2.32. The Hall–Kier alpha value is -4.13. The van der Waals surface area contributed by atoms with Crippen molar-refractivity contribution in [1.29, 1.82) is 0 Å². The molecule has 2 amide bonds. The molecule has 0 fully saturated rings. The Kier molecular flexibility index (Phi) is 9.84. The monoisotopic (exact) mass is 502 g/mol. The van der Waals surface area contributed by atoms with Crippen LogP contribution in [-0.2, 0) is 25.7 Å². The van der Waals surface area contributed by atoms with Gasteiger partial charge in [-0.25, -0.2) is 9.59 Å². The van der Waals surface area contributed by atoms with Crippen LogP contribution >= 0.6 is 0 Å². The number of hydrogen-bond acceptors (Lipinski definition) is 5. The van der Waals surface area contributed by atoms with Gasteiger partial charge < -0.3 is 14.8 Å². The number of amides is 2. The van der Waals surface area contributed by atoms with Crippen molar-refractivity contribution < 1.29 is 23.9 Å². The lowest BCUT2D eigenvalue weighted by molar-refractivity contribution is -0.143. The van der Waals surface area contributed by atoms with E-state index in [4.69, 9.17) is 9.47 Å². The number of esters is 1. The van der Waals surface area contributed by atoms with Gasteiger partial charge in [-0.05, 0) is 48.1 Å². The molecule has 3 rings (SSSR count). The van der Waals surface area contributed by atoms with Crippen molar-refractivity contribution in [3.8, 4) is 11.1 Å². The normalized spacial score (nSPS) is 12.4. The van der Waals surface area contributed by atoms with E-state index in [1.807, 2.05) is 86.6 Å². The van der Waals surface area contributed by atoms with Crippen molar-refractivity contribution in [2.45, 2.75) is 45.9 Å². The second-order valence-corrected chi connectivity index (χ2v) is 9.21. The topological polar surface area (TPSA) is 84.9 Å². The lowest BCUT2D eigenvalue weighted by Crippen LogP contribution is -2.54. The van der Waals surface area contributed by atoms with Crippen LogP contribution in [0.5, 0.6) is 0 Å². The highest BCUT2D eigenvalue weighted by molar-refractivity contribution is 6.03. The average Bonchev–Trinajstić information content (AvgIpc) is 2.92. The van der Waals surface area contributed by atoms with Crippen LogP contribution < -0.4 is 10.2 Å². The molecule has 0 spiro atoms. The molecule has 0 aromatic heterocycles. The lowest BCUT2D eigenvalue weighted by atomic mass is 10.0. The van der Waals surface area contributed by atoms with Gasteiger partial charge >= 0.3 is 12.1 Å². The van der Waals surface area contributed by atoms with E-state index in [0.717, 1.165) is 16.7 Å². The van der Waals surface area contributed by atoms with Gasteiger partial charge in [0.2, 0.25) is 5.91 Å². The molecule has 0 bridgehead atoms. The molecule has 3 aromatic carbocycles. The Morgan fingerprint density at radius 1 is 0.811 bits per heavy atom. The molecule has 0 aliphatic rings. The minimum absolute atomic E-state index is 0.0818. The number of hydrogen-bond donors (Lipinski definition) is 1. The zero-order chi connectivity index (χ0) is 26.8. The fraction of sp³-hybridized carbons (Fsp3) is 0.300. The number of alkyl carbamates (subject to hydrolysis) is 1. The molecule has 194 valence electrons. The van der Waals surface area contributed by atoms with Crippen molar-refractivity contribution in [1.82, 2.24) is 5.32 Å². The Morgan fingerprint density at radius 2 is 1.38 bits per heavy atom. The summed E-state index contributed by atoms with van der Waals surface area (Å²) in [4.78, 5) is 40.4. The molecule has 7 nitrogen and oxygen atoms in total. The maximum absolute atomic E-state index is 13.9. The summed E-state index contributed by atoms with van der Waals surface area (Å²) in [5.41, 5.74) is 3.37. The van der Waals surface area contributed by atoms with Gasteiger partial charge in [-0.2, -0.15) is 0 Å². The van der Waals surface area contributed by atoms with E-state index in [2.05, 4.69) is 5.32 Å². The summed E-state index contributed by atoms with van der Waals surface area (Å²) < 4.78 is 10.3. The first-order valence-electron chi connectivity index (χ1n) is 12.3. The fourth-order valence-electron chi connectivity index (χ4n) is 4.03. The van der Waals surface area contributed by atoms with Gasteiger partial charge in [0, 0.05) is 5.69 Å². The van der Waals surface area contributed by atoms with Crippen LogP contribution in [0.2, 0.25) is 0 Å². The molecule has 0 unspecified atom stereocenters. The maximum atomic E-state index is 13.9. The Labute approximate surface area is 218 Å². The Bertz CT molecular complexity index is 1160. The molecule has 0 saturated heterocycles. The van der Waals surface area contributed by atoms with Crippen molar-refractivity contribution in [2.24, 2.45) is 5.92 Å². The van der Waals surface area contributed by atoms with Gasteiger partial charge in [0.1, 0.15) is 18.7 Å². The molecular weight excluding hydrogens is 468 g/mol. The first kappa shape index (κ1) is 27.5. The van der Waals surface area contributed by atoms with Crippen LogP contribution in [-0.4, -0.2) is 37.2 Å². The predicted molar refractivity (Wildman–Crippen MR) is 144 cm³/mol. The molecule has 0 aliphatic heterocycles. The predicted octanol–water partition coefficient (Wildman–Crippen LogP) is 5.59. The smallest absolute Gasteiger partial charge is 0.408 e. The molecule has 7 heteroatoms. The van der Waals surface area contributed by atoms with E-state index in [9.17, 15) is 14.4 Å². The molecule has 0 heterocycles. The first-order chi connectivity index (χ1) is 17.8. The summed E-state index contributed by atoms with van der Waals surface area (Å²) in [5, 5.41) is 2.71. The maximum Gasteiger partial charge on any atom is 0.408 e. The van der Waals surface area contributed by atoms with E-state index in [0.29, 0.717) is 12.1 Å². The first-order valence-corrected chi connectivity index (χ1v) is 12.3. The van der Waals surface area contributed by atoms with E-state index >= 15 is 0 Å². The zero-order valence-electron chi connectivity index (χ0n) is 21.7. The van der Waals surface area contributed by atoms with Gasteiger partial charge in [0.05, 0.1) is 7.11 Å². The van der Waals surface area contributed by atoms with E-state index in [-0.39, 0.29) is 12.5 Å². The summed E-state index contributed by atoms with van der Waals surface area (Å²) in [6.07, 6.45) is -0.334. The average molecular weight is 503 g/mol. The number of carbonyl (C=O) groups excluding carboxylic acids is 3. The number of benzene rings is 3. The number of nitrogens with one attached hydrogen (secondary N) is 1. The standard InChI is InChI=1S/C30H34N2O5/c1-21(2)19-27(31-30(35)37-20-23-11-7-5-8-12-23)28(33)32(22(3)29(34)36-4)26-17-15-25(16-18-26)24-13-9-6-10-14-24/h5-18,21-22,27H,19-20H2,1-4H3,(H,31,35)/t22-,27-/m0/s1. The van der Waals surface area contributed by atoms with Crippen molar-refractivity contribution >= 4 is 23.7 Å². The van der Waals surface area contributed by atoms with Gasteiger partial charge in [-0.3, -0.25) is 9.69 Å². The van der Waals surface area contributed by atoms with Crippen LogP contribution in [0.15, 0.2) is 84.9 Å². The van der Waals surface area contributed by atoms with Crippen LogP contribution in [0, 0.1) is 5.92 Å². The van der Waals surface area contributed by atoms with Crippen LogP contribution in [0.25, 0.3) is 11.1 Å². The van der Waals surface area contributed by atoms with Gasteiger partial charge in [0.25, 0.3) is 0 Å². The van der Waals surface area contributed by atoms with E-state index in [1.54, 1.807) is 19.1 Å². The highest BCUT2D eigenvalue weighted by atomic mass is 16.5. The van der Waals surface area contributed by atoms with Crippen molar-refractivity contribution in [3.63, 3.8) is 0 Å². The second kappa shape index (κ2) is 13.3. The number of nitrogens with zero attached hydrogens (tertiary/aromatic N) is 1. The largest absolute Gasteiger partial charge is 0.467 e. The van der Waals surface area contributed by atoms with E-state index < -0.39 is 30.1 Å². The molecule has 3 aromatic rings. The molecule has 0 radical (unpaired) electrons. The summed E-state index contributed by atoms with van der Waals surface area (Å²) in [6.45, 7) is 5.60. The van der Waals surface area contributed by atoms with Gasteiger partial charge in [-0.15, -0.1) is 0 Å². The summed E-state index contributed by atoms with van der Waals surface area (Å²) in [6, 6.07) is 24.7. The summed E-state index contributed by atoms with van der Waals surface area (Å²) >= 11 is 0. The highest BCUT2D eigenvalue weighted by Gasteiger charge is 2.34. The van der Waals surface area contributed by atoms with Crippen LogP contribution in [0.4, 0.5) is 10.5 Å². The van der Waals surface area contributed by atoms with Crippen LogP contribution in [0.1, 0.15) is 32.8 Å². The third kappa shape index (κ3) is 7.67.